The number of nitrogens with two attached hydrogens (primary N) is 2. The van der Waals surface area contributed by atoms with Crippen molar-refractivity contribution >= 4 is 60.4 Å². The van der Waals surface area contributed by atoms with E-state index in [1.807, 2.05) is 0 Å². The van der Waals surface area contributed by atoms with Gasteiger partial charge in [-0.3, -0.25) is 32.5 Å². The predicted octanol–water partition coefficient (Wildman–Crippen LogP) is -1.82. The number of nitrogens with zero attached hydrogens (tertiary/aromatic N) is 7. The number of hydrogen-bond donors (Lipinski definition) is 6. The Bertz CT molecular complexity index is 2030. The highest BCUT2D eigenvalue weighted by Gasteiger charge is 2.65. The summed E-state index contributed by atoms with van der Waals surface area (Å²) in [6.45, 7) is -5.58. The first kappa shape index (κ1) is 30.3. The normalized spacial score (nSPS) is 39.7. The standard InChI is InChI=1S/C21H24N10O12P2S/c22-14-8-15(25-4-24-14)30(5-26-8)19-12-13-21(41-19,2-37-12)3-39-44(34,35)42-11-10(32)7(1-38-45(36,46)43-13)40-18(11)31-6-27-9-16(31)28-20(23)29-17(9)33/h4-7,10-13,18-19,32H,1-3H2,(H,34,35)(H,36,46)(H2,22,24,25)(H3,23,28,29,33)/t7?,10-,11-,12-,13+,18-,19-,21-,45?/m1/s1. The molecule has 0 amide bonds. The molecular formula is C21H24N10O12P2S. The summed E-state index contributed by atoms with van der Waals surface area (Å²) in [4.78, 5) is 57.2. The van der Waals surface area contributed by atoms with E-state index in [0.29, 0.717) is 11.2 Å². The maximum Gasteiger partial charge on any atom is 0.472 e. The lowest BCUT2D eigenvalue weighted by molar-refractivity contribution is -0.184. The molecule has 4 bridgehead atoms. The summed E-state index contributed by atoms with van der Waals surface area (Å²) >= 11 is 5.31. The van der Waals surface area contributed by atoms with Crippen LogP contribution in [0.3, 0.4) is 0 Å². The van der Waals surface area contributed by atoms with E-state index in [-0.39, 0.29) is 29.5 Å². The van der Waals surface area contributed by atoms with Crippen LogP contribution in [-0.2, 0) is 48.7 Å². The van der Waals surface area contributed by atoms with Crippen LogP contribution in [0.15, 0.2) is 23.8 Å². The van der Waals surface area contributed by atoms with Gasteiger partial charge in [-0.1, -0.05) is 0 Å². The molecule has 0 spiro atoms. The molecule has 8 N–H and O–H groups in total. The zero-order chi connectivity index (χ0) is 32.2. The molecule has 8 rings (SSSR count). The quantitative estimate of drug-likeness (QED) is 0.125. The van der Waals surface area contributed by atoms with E-state index in [1.54, 1.807) is 0 Å². The summed E-state index contributed by atoms with van der Waals surface area (Å²) in [5.74, 6) is -0.121. The third-order valence-electron chi connectivity index (χ3n) is 8.05. The Kier molecular flexibility index (Phi) is 6.91. The second-order valence-corrected chi connectivity index (χ2v) is 15.1. The van der Waals surface area contributed by atoms with Crippen molar-refractivity contribution in [2.24, 2.45) is 0 Å². The smallest absolute Gasteiger partial charge is 0.387 e. The van der Waals surface area contributed by atoms with Crippen LogP contribution >= 0.6 is 14.5 Å². The molecule has 0 aliphatic carbocycles. The highest BCUT2D eigenvalue weighted by molar-refractivity contribution is 8.07. The Morgan fingerprint density at radius 1 is 1.00 bits per heavy atom. The van der Waals surface area contributed by atoms with Gasteiger partial charge in [0, 0.05) is 0 Å². The van der Waals surface area contributed by atoms with Gasteiger partial charge in [-0.05, 0) is 11.8 Å². The van der Waals surface area contributed by atoms with Crippen molar-refractivity contribution in [1.82, 2.24) is 39.0 Å². The molecule has 4 fully saturated rings. The molecule has 46 heavy (non-hydrogen) atoms. The number of imidazole rings is 2. The van der Waals surface area contributed by atoms with Crippen LogP contribution in [0.4, 0.5) is 11.8 Å². The van der Waals surface area contributed by atoms with E-state index in [9.17, 15) is 24.3 Å². The number of aromatic amines is 1. The minimum Gasteiger partial charge on any atom is -0.387 e. The highest BCUT2D eigenvalue weighted by atomic mass is 32.5. The molecule has 3 unspecified atom stereocenters. The minimum atomic E-state index is -5.05. The molecule has 4 aromatic rings. The second-order valence-electron chi connectivity index (χ2n) is 10.9. The third-order valence-corrected chi connectivity index (χ3v) is 10.6. The summed E-state index contributed by atoms with van der Waals surface area (Å²) < 4.78 is 56.7. The van der Waals surface area contributed by atoms with Crippen molar-refractivity contribution < 1.29 is 51.8 Å². The maximum absolute atomic E-state index is 13.4. The summed E-state index contributed by atoms with van der Waals surface area (Å²) in [7, 11) is -5.05. The number of aliphatic hydroxyl groups is 1. The van der Waals surface area contributed by atoms with Crippen LogP contribution in [0.5, 0.6) is 0 Å². The molecule has 0 radical (unpaired) electrons. The SMILES string of the molecule is Nc1nc2c(ncn2[C@@H]2OC3COP(O)(=S)O[C@H]4[C@H]5OC[C@]4(COP(=O)(O)O[C@@H]2[C@@H]3O)O[C@H]5n2cnc3c(N)ncnc32)c(=O)[nH]1. The van der Waals surface area contributed by atoms with E-state index in [0.717, 1.165) is 6.33 Å². The van der Waals surface area contributed by atoms with E-state index in [2.05, 4.69) is 29.9 Å². The molecule has 4 saturated heterocycles. The van der Waals surface area contributed by atoms with Crippen LogP contribution in [-0.4, -0.2) is 110 Å². The van der Waals surface area contributed by atoms with Gasteiger partial charge in [0.05, 0.1) is 32.5 Å². The van der Waals surface area contributed by atoms with Crippen LogP contribution in [0.25, 0.3) is 22.3 Å². The Morgan fingerprint density at radius 2 is 1.76 bits per heavy atom. The molecule has 22 nitrogen and oxygen atoms in total. The second kappa shape index (κ2) is 10.5. The number of nitrogens with one attached hydrogen (secondary N) is 1. The van der Waals surface area contributed by atoms with Crippen molar-refractivity contribution in [3.8, 4) is 0 Å². The molecule has 25 heteroatoms. The lowest BCUT2D eigenvalue weighted by Gasteiger charge is -2.32. The topological polar surface area (TPSA) is 302 Å². The number of aliphatic hydroxyl groups excluding tert-OH is 1. The van der Waals surface area contributed by atoms with Crippen molar-refractivity contribution in [3.05, 3.63) is 29.3 Å². The first-order valence-electron chi connectivity index (χ1n) is 13.4. The average molecular weight is 702 g/mol. The zero-order valence-electron chi connectivity index (χ0n) is 23.0. The fourth-order valence-corrected chi connectivity index (χ4v) is 8.41. The number of fused-ring (bicyclic) bond motifs is 4. The number of rotatable bonds is 2. The molecule has 246 valence electrons. The molecule has 8 heterocycles. The third kappa shape index (κ3) is 4.79. The van der Waals surface area contributed by atoms with Crippen LogP contribution < -0.4 is 17.0 Å². The van der Waals surface area contributed by atoms with Crippen molar-refractivity contribution in [1.29, 1.82) is 0 Å². The minimum absolute atomic E-state index is 0.0700. The number of phosphoric acid groups is 1. The first-order valence-corrected chi connectivity index (χ1v) is 17.5. The summed E-state index contributed by atoms with van der Waals surface area (Å²) in [5, 5.41) is 11.1. The van der Waals surface area contributed by atoms with Gasteiger partial charge in [-0.2, -0.15) is 4.98 Å². The van der Waals surface area contributed by atoms with Gasteiger partial charge >= 0.3 is 14.5 Å². The number of ether oxygens (including phenoxy) is 3. The number of H-pyrrole nitrogens is 1. The Hall–Kier alpha value is -3.02. The fraction of sp³-hybridized carbons (Fsp3) is 0.524. The van der Waals surface area contributed by atoms with Gasteiger partial charge in [0.15, 0.2) is 35.1 Å². The Morgan fingerprint density at radius 3 is 2.57 bits per heavy atom. The number of phosphoric ester groups is 1. The highest BCUT2D eigenvalue weighted by Crippen LogP contribution is 2.58. The van der Waals surface area contributed by atoms with Crippen LogP contribution in [0.2, 0.25) is 0 Å². The van der Waals surface area contributed by atoms with E-state index < -0.39 is 81.9 Å². The number of nitrogen functional groups attached to an aromatic ring is 2. The molecule has 4 aliphatic rings. The molecule has 4 aliphatic heterocycles. The van der Waals surface area contributed by atoms with E-state index >= 15 is 0 Å². The van der Waals surface area contributed by atoms with Gasteiger partial charge in [0.25, 0.3) is 5.56 Å². The van der Waals surface area contributed by atoms with E-state index in [4.69, 9.17) is 55.6 Å². The lowest BCUT2D eigenvalue weighted by atomic mass is 10.0. The number of hydrogen-bond acceptors (Lipinski definition) is 18. The first-order chi connectivity index (χ1) is 21.8. The van der Waals surface area contributed by atoms with Gasteiger partial charge in [0.2, 0.25) is 5.95 Å². The maximum atomic E-state index is 13.4. The Balaban J connectivity index is 1.14. The van der Waals surface area contributed by atoms with E-state index in [1.165, 1.54) is 21.8 Å². The van der Waals surface area contributed by atoms with Crippen LogP contribution in [0, 0.1) is 0 Å². The fourth-order valence-electron chi connectivity index (χ4n) is 5.97. The van der Waals surface area contributed by atoms with Crippen molar-refractivity contribution in [2.45, 2.75) is 48.6 Å². The summed E-state index contributed by atoms with van der Waals surface area (Å²) in [6, 6.07) is 0. The van der Waals surface area contributed by atoms with Crippen molar-refractivity contribution in [3.63, 3.8) is 0 Å². The predicted molar refractivity (Wildman–Crippen MR) is 153 cm³/mol. The summed E-state index contributed by atoms with van der Waals surface area (Å²) in [5.41, 5.74) is 9.75. The molecule has 0 aromatic carbocycles. The molecule has 0 saturated carbocycles. The number of aromatic nitrogens is 8. The van der Waals surface area contributed by atoms with Gasteiger partial charge in [-0.15, -0.1) is 0 Å². The average Bonchev–Trinajstić information content (AvgIpc) is 3.80. The van der Waals surface area contributed by atoms with Crippen LogP contribution in [0.1, 0.15) is 12.5 Å². The largest absolute Gasteiger partial charge is 0.472 e. The molecular weight excluding hydrogens is 678 g/mol. The monoisotopic (exact) mass is 702 g/mol. The number of anilines is 2. The van der Waals surface area contributed by atoms with Gasteiger partial charge < -0.3 is 45.1 Å². The molecule has 10 atom stereocenters. The molecule has 4 aromatic heterocycles. The van der Waals surface area contributed by atoms with Gasteiger partial charge in [-0.25, -0.2) is 24.5 Å². The van der Waals surface area contributed by atoms with Crippen molar-refractivity contribution in [2.75, 3.05) is 31.3 Å². The Labute approximate surface area is 260 Å². The summed E-state index contributed by atoms with van der Waals surface area (Å²) in [6.07, 6.45) is -5.34. The van der Waals surface area contributed by atoms with Gasteiger partial charge in [0.1, 0.15) is 48.0 Å². The zero-order valence-corrected chi connectivity index (χ0v) is 25.6. The lowest BCUT2D eigenvalue weighted by Crippen LogP contribution is -2.45.